The summed E-state index contributed by atoms with van der Waals surface area (Å²) in [6.45, 7) is 4.40. The number of ether oxygens (including phenoxy) is 2. The van der Waals surface area contributed by atoms with E-state index in [1.807, 2.05) is 6.92 Å². The molecule has 2 aromatic carbocycles. The molecule has 1 N–H and O–H groups in total. The SMILES string of the molecule is CCCOc1ccc(C(=O)Nc2ccc3c(c2)N(C)C(=O)C(C)O3)cc1. The number of anilines is 2. The summed E-state index contributed by atoms with van der Waals surface area (Å²) in [7, 11) is 1.70. The highest BCUT2D eigenvalue weighted by Gasteiger charge is 2.29. The van der Waals surface area contributed by atoms with Crippen LogP contribution in [0.2, 0.25) is 0 Å². The van der Waals surface area contributed by atoms with Gasteiger partial charge < -0.3 is 19.7 Å². The van der Waals surface area contributed by atoms with Gasteiger partial charge in [0.05, 0.1) is 12.3 Å². The molecule has 2 aromatic rings. The van der Waals surface area contributed by atoms with Crippen LogP contribution in [0.3, 0.4) is 0 Å². The highest BCUT2D eigenvalue weighted by Crippen LogP contribution is 2.35. The minimum atomic E-state index is -0.513. The van der Waals surface area contributed by atoms with Gasteiger partial charge in [0.25, 0.3) is 11.8 Å². The number of fused-ring (bicyclic) bond motifs is 1. The van der Waals surface area contributed by atoms with Crippen molar-refractivity contribution in [3.63, 3.8) is 0 Å². The Labute approximate surface area is 152 Å². The Morgan fingerprint density at radius 3 is 2.65 bits per heavy atom. The average molecular weight is 354 g/mol. The van der Waals surface area contributed by atoms with Crippen molar-refractivity contribution in [3.05, 3.63) is 48.0 Å². The monoisotopic (exact) mass is 354 g/mol. The lowest BCUT2D eigenvalue weighted by molar-refractivity contribution is -0.125. The molecule has 0 radical (unpaired) electrons. The standard InChI is InChI=1S/C20H22N2O4/c1-4-11-25-16-8-5-14(6-9-16)19(23)21-15-7-10-18-17(12-15)22(3)20(24)13(2)26-18/h5-10,12-13H,4,11H2,1-3H3,(H,21,23). The van der Waals surface area contributed by atoms with Gasteiger partial charge in [0.2, 0.25) is 0 Å². The molecule has 2 amide bonds. The van der Waals surface area contributed by atoms with Crippen LogP contribution in [0.15, 0.2) is 42.5 Å². The molecule has 0 aromatic heterocycles. The van der Waals surface area contributed by atoms with Crippen LogP contribution >= 0.6 is 0 Å². The highest BCUT2D eigenvalue weighted by atomic mass is 16.5. The zero-order valence-corrected chi connectivity index (χ0v) is 15.1. The molecule has 0 bridgehead atoms. The molecule has 1 unspecified atom stereocenters. The predicted octanol–water partition coefficient (Wildman–Crippen LogP) is 3.47. The van der Waals surface area contributed by atoms with Gasteiger partial charge in [-0.2, -0.15) is 0 Å². The number of benzene rings is 2. The van der Waals surface area contributed by atoms with Crippen molar-refractivity contribution in [1.82, 2.24) is 0 Å². The van der Waals surface area contributed by atoms with Crippen LogP contribution in [0.4, 0.5) is 11.4 Å². The minimum absolute atomic E-state index is 0.122. The number of nitrogens with zero attached hydrogens (tertiary/aromatic N) is 1. The van der Waals surface area contributed by atoms with Crippen molar-refractivity contribution in [2.45, 2.75) is 26.4 Å². The Bertz CT molecular complexity index is 817. The summed E-state index contributed by atoms with van der Waals surface area (Å²) in [5, 5.41) is 2.84. The number of carbonyl (C=O) groups excluding carboxylic acids is 2. The molecule has 136 valence electrons. The number of nitrogens with one attached hydrogen (secondary N) is 1. The third kappa shape index (κ3) is 3.64. The molecule has 1 aliphatic heterocycles. The van der Waals surface area contributed by atoms with Gasteiger partial charge in [0.1, 0.15) is 11.5 Å². The summed E-state index contributed by atoms with van der Waals surface area (Å²) in [5.41, 5.74) is 1.76. The minimum Gasteiger partial charge on any atom is -0.494 e. The Hall–Kier alpha value is -3.02. The molecule has 1 aliphatic rings. The quantitative estimate of drug-likeness (QED) is 0.893. The first-order valence-electron chi connectivity index (χ1n) is 8.62. The first-order chi connectivity index (χ1) is 12.5. The largest absolute Gasteiger partial charge is 0.494 e. The molecule has 1 atom stereocenters. The van der Waals surface area contributed by atoms with E-state index in [0.717, 1.165) is 12.2 Å². The maximum atomic E-state index is 12.4. The fourth-order valence-corrected chi connectivity index (χ4v) is 2.71. The maximum absolute atomic E-state index is 12.4. The fraction of sp³-hybridized carbons (Fsp3) is 0.300. The first-order valence-corrected chi connectivity index (χ1v) is 8.62. The van der Waals surface area contributed by atoms with E-state index >= 15 is 0 Å². The van der Waals surface area contributed by atoms with Gasteiger partial charge in [-0.25, -0.2) is 0 Å². The maximum Gasteiger partial charge on any atom is 0.267 e. The number of likely N-dealkylation sites (N-methyl/N-ethyl adjacent to an activating group) is 1. The summed E-state index contributed by atoms with van der Waals surface area (Å²) in [6.07, 6.45) is 0.418. The van der Waals surface area contributed by atoms with Gasteiger partial charge in [-0.1, -0.05) is 6.92 Å². The molecular formula is C20H22N2O4. The van der Waals surface area contributed by atoms with E-state index in [-0.39, 0.29) is 11.8 Å². The molecule has 0 fully saturated rings. The van der Waals surface area contributed by atoms with Gasteiger partial charge in [-0.3, -0.25) is 9.59 Å². The Balaban J connectivity index is 1.73. The summed E-state index contributed by atoms with van der Waals surface area (Å²) < 4.78 is 11.1. The number of hydrogen-bond acceptors (Lipinski definition) is 4. The Morgan fingerprint density at radius 1 is 1.23 bits per heavy atom. The van der Waals surface area contributed by atoms with Crippen LogP contribution in [-0.4, -0.2) is 31.6 Å². The lowest BCUT2D eigenvalue weighted by Gasteiger charge is -2.30. The van der Waals surface area contributed by atoms with Crippen molar-refractivity contribution >= 4 is 23.2 Å². The van der Waals surface area contributed by atoms with E-state index in [1.54, 1.807) is 61.3 Å². The second kappa shape index (κ2) is 7.47. The zero-order chi connectivity index (χ0) is 18.7. The molecule has 0 saturated carbocycles. The van der Waals surface area contributed by atoms with Crippen LogP contribution in [-0.2, 0) is 4.79 Å². The summed E-state index contributed by atoms with van der Waals surface area (Å²) in [4.78, 5) is 26.0. The van der Waals surface area contributed by atoms with Crippen molar-refractivity contribution in [1.29, 1.82) is 0 Å². The Morgan fingerprint density at radius 2 is 1.96 bits per heavy atom. The van der Waals surface area contributed by atoms with E-state index in [1.165, 1.54) is 0 Å². The average Bonchev–Trinajstić information content (AvgIpc) is 2.65. The van der Waals surface area contributed by atoms with E-state index in [0.29, 0.717) is 29.3 Å². The number of rotatable bonds is 5. The van der Waals surface area contributed by atoms with Crippen molar-refractivity contribution in [2.24, 2.45) is 0 Å². The molecular weight excluding hydrogens is 332 g/mol. The van der Waals surface area contributed by atoms with Crippen molar-refractivity contribution < 1.29 is 19.1 Å². The van der Waals surface area contributed by atoms with Gasteiger partial charge in [0, 0.05) is 18.3 Å². The third-order valence-corrected chi connectivity index (χ3v) is 4.15. The van der Waals surface area contributed by atoms with Gasteiger partial charge >= 0.3 is 0 Å². The summed E-state index contributed by atoms with van der Waals surface area (Å²) >= 11 is 0. The van der Waals surface area contributed by atoms with E-state index < -0.39 is 6.10 Å². The number of amides is 2. The molecule has 0 saturated heterocycles. The van der Waals surface area contributed by atoms with Crippen LogP contribution in [0.1, 0.15) is 30.6 Å². The number of hydrogen-bond donors (Lipinski definition) is 1. The summed E-state index contributed by atoms with van der Waals surface area (Å²) in [5.74, 6) is 1.01. The van der Waals surface area contributed by atoms with Gasteiger partial charge in [-0.15, -0.1) is 0 Å². The lowest BCUT2D eigenvalue weighted by Crippen LogP contribution is -2.41. The normalized spacial score (nSPS) is 15.9. The fourth-order valence-electron chi connectivity index (χ4n) is 2.71. The van der Waals surface area contributed by atoms with Crippen molar-refractivity contribution in [2.75, 3.05) is 23.9 Å². The third-order valence-electron chi connectivity index (χ3n) is 4.15. The predicted molar refractivity (Wildman–Crippen MR) is 100 cm³/mol. The second-order valence-electron chi connectivity index (χ2n) is 6.17. The molecule has 0 spiro atoms. The van der Waals surface area contributed by atoms with Crippen molar-refractivity contribution in [3.8, 4) is 11.5 Å². The second-order valence-corrected chi connectivity index (χ2v) is 6.17. The smallest absolute Gasteiger partial charge is 0.267 e. The van der Waals surface area contributed by atoms with Gasteiger partial charge in [-0.05, 0) is 55.8 Å². The van der Waals surface area contributed by atoms with Crippen LogP contribution in [0, 0.1) is 0 Å². The molecule has 26 heavy (non-hydrogen) atoms. The van der Waals surface area contributed by atoms with Crippen LogP contribution in [0.25, 0.3) is 0 Å². The zero-order valence-electron chi connectivity index (χ0n) is 15.1. The van der Waals surface area contributed by atoms with Crippen LogP contribution < -0.4 is 19.7 Å². The lowest BCUT2D eigenvalue weighted by atomic mass is 10.1. The van der Waals surface area contributed by atoms with E-state index in [2.05, 4.69) is 5.32 Å². The number of carbonyl (C=O) groups is 2. The topological polar surface area (TPSA) is 67.9 Å². The molecule has 6 nitrogen and oxygen atoms in total. The van der Waals surface area contributed by atoms with E-state index in [9.17, 15) is 9.59 Å². The highest BCUT2D eigenvalue weighted by molar-refractivity contribution is 6.05. The molecule has 1 heterocycles. The molecule has 3 rings (SSSR count). The van der Waals surface area contributed by atoms with E-state index in [4.69, 9.17) is 9.47 Å². The molecule has 0 aliphatic carbocycles. The summed E-state index contributed by atoms with van der Waals surface area (Å²) in [6, 6.07) is 12.2. The Kier molecular flexibility index (Phi) is 5.11. The van der Waals surface area contributed by atoms with Gasteiger partial charge in [0.15, 0.2) is 6.10 Å². The first kappa shape index (κ1) is 17.8. The van der Waals surface area contributed by atoms with Crippen LogP contribution in [0.5, 0.6) is 11.5 Å². The molecule has 6 heteroatoms.